The topological polar surface area (TPSA) is 51.5 Å². The number of hydrogen-bond acceptors (Lipinski definition) is 2. The summed E-state index contributed by atoms with van der Waals surface area (Å²) >= 11 is 1.95. The molecule has 0 amide bonds. The van der Waals surface area contributed by atoms with E-state index >= 15 is 0 Å². The van der Waals surface area contributed by atoms with Gasteiger partial charge in [0, 0.05) is 9.77 Å². The summed E-state index contributed by atoms with van der Waals surface area (Å²) in [6.45, 7) is -2.97. The van der Waals surface area contributed by atoms with E-state index in [1.807, 2.05) is 22.6 Å². The molecule has 100 valence electrons. The van der Waals surface area contributed by atoms with E-state index in [1.165, 1.54) is 35.0 Å². The van der Waals surface area contributed by atoms with Crippen molar-refractivity contribution in [2.24, 2.45) is 0 Å². The lowest BCUT2D eigenvalue weighted by Gasteiger charge is -2.12. The smallest absolute Gasteiger partial charge is 0.387 e. The third-order valence-electron chi connectivity index (χ3n) is 2.35. The number of benzene rings is 1. The molecular formula is C12H8F2INO3. The number of aromatic carboxylic acids is 1. The average molecular weight is 379 g/mol. The van der Waals surface area contributed by atoms with Gasteiger partial charge in [-0.05, 0) is 40.8 Å². The molecule has 1 N–H and O–H groups in total. The highest BCUT2D eigenvalue weighted by Gasteiger charge is 2.17. The number of nitrogens with zero attached hydrogens (tertiary/aromatic N) is 1. The molecule has 19 heavy (non-hydrogen) atoms. The molecule has 0 saturated carbocycles. The molecule has 2 rings (SSSR count). The zero-order chi connectivity index (χ0) is 14.0. The van der Waals surface area contributed by atoms with Crippen molar-refractivity contribution in [3.8, 4) is 11.4 Å². The lowest BCUT2D eigenvalue weighted by molar-refractivity contribution is -0.0498. The number of carboxylic acid groups (broad SMARTS) is 1. The van der Waals surface area contributed by atoms with Crippen molar-refractivity contribution >= 4 is 28.6 Å². The van der Waals surface area contributed by atoms with Gasteiger partial charge in [-0.3, -0.25) is 0 Å². The zero-order valence-corrected chi connectivity index (χ0v) is 11.5. The van der Waals surface area contributed by atoms with Crippen LogP contribution < -0.4 is 4.74 Å². The summed E-state index contributed by atoms with van der Waals surface area (Å²) in [6.07, 6.45) is 1.54. The molecule has 0 aliphatic carbocycles. The molecule has 0 aliphatic rings. The Morgan fingerprint density at radius 1 is 1.37 bits per heavy atom. The third kappa shape index (κ3) is 3.03. The highest BCUT2D eigenvalue weighted by Crippen LogP contribution is 2.27. The Morgan fingerprint density at radius 3 is 2.68 bits per heavy atom. The fourth-order valence-electron chi connectivity index (χ4n) is 1.65. The largest absolute Gasteiger partial charge is 0.477 e. The second-order valence-corrected chi connectivity index (χ2v) is 4.81. The van der Waals surface area contributed by atoms with Crippen LogP contribution in [-0.4, -0.2) is 22.3 Å². The lowest BCUT2D eigenvalue weighted by Crippen LogP contribution is -2.09. The van der Waals surface area contributed by atoms with Gasteiger partial charge in [0.05, 0.1) is 5.69 Å². The molecule has 0 aliphatic heterocycles. The standard InChI is InChI=1S/C12H8F2INO3/c13-12(14)19-10-4-2-1-3-8(10)16-6-7(15)5-9(16)11(17)18/h1-6,12H,(H,17,18). The van der Waals surface area contributed by atoms with Gasteiger partial charge in [-0.25, -0.2) is 4.79 Å². The molecule has 0 radical (unpaired) electrons. The van der Waals surface area contributed by atoms with Crippen LogP contribution in [-0.2, 0) is 0 Å². The number of hydrogen-bond donors (Lipinski definition) is 1. The van der Waals surface area contributed by atoms with Crippen molar-refractivity contribution in [2.45, 2.75) is 6.61 Å². The molecule has 0 saturated heterocycles. The monoisotopic (exact) mass is 379 g/mol. The molecule has 1 aromatic heterocycles. The van der Waals surface area contributed by atoms with Crippen molar-refractivity contribution < 1.29 is 23.4 Å². The van der Waals surface area contributed by atoms with Crippen LogP contribution in [0.5, 0.6) is 5.75 Å². The van der Waals surface area contributed by atoms with Gasteiger partial charge in [-0.1, -0.05) is 12.1 Å². The summed E-state index contributed by atoms with van der Waals surface area (Å²) in [7, 11) is 0. The van der Waals surface area contributed by atoms with Crippen molar-refractivity contribution in [1.29, 1.82) is 0 Å². The number of rotatable bonds is 4. The van der Waals surface area contributed by atoms with E-state index in [0.717, 1.165) is 0 Å². The number of aromatic nitrogens is 1. The minimum absolute atomic E-state index is 0.0188. The molecule has 1 heterocycles. The summed E-state index contributed by atoms with van der Waals surface area (Å²) < 4.78 is 31.0. The van der Waals surface area contributed by atoms with E-state index in [-0.39, 0.29) is 17.1 Å². The van der Waals surface area contributed by atoms with Crippen molar-refractivity contribution in [3.05, 3.63) is 45.8 Å². The number of alkyl halides is 2. The molecule has 0 atom stereocenters. The van der Waals surface area contributed by atoms with Crippen LogP contribution in [0.15, 0.2) is 36.5 Å². The van der Waals surface area contributed by atoms with Crippen LogP contribution in [0.1, 0.15) is 10.5 Å². The van der Waals surface area contributed by atoms with Gasteiger partial charge in [0.15, 0.2) is 0 Å². The van der Waals surface area contributed by atoms with Crippen LogP contribution in [0.25, 0.3) is 5.69 Å². The molecule has 0 bridgehead atoms. The van der Waals surface area contributed by atoms with Gasteiger partial charge in [0.2, 0.25) is 0 Å². The van der Waals surface area contributed by atoms with Gasteiger partial charge in [-0.2, -0.15) is 8.78 Å². The fraction of sp³-hybridized carbons (Fsp3) is 0.0833. The van der Waals surface area contributed by atoms with Crippen LogP contribution in [0, 0.1) is 3.57 Å². The maximum Gasteiger partial charge on any atom is 0.387 e. The molecule has 0 fully saturated rings. The van der Waals surface area contributed by atoms with Crippen LogP contribution in [0.3, 0.4) is 0 Å². The Bertz CT molecular complexity index is 613. The predicted octanol–water partition coefficient (Wildman–Crippen LogP) is 3.38. The number of carboxylic acids is 1. The minimum Gasteiger partial charge on any atom is -0.477 e. The van der Waals surface area contributed by atoms with Crippen molar-refractivity contribution in [1.82, 2.24) is 4.57 Å². The Balaban J connectivity index is 2.55. The number of ether oxygens (including phenoxy) is 1. The van der Waals surface area contributed by atoms with E-state index in [1.54, 1.807) is 6.07 Å². The summed E-state index contributed by atoms with van der Waals surface area (Å²) in [4.78, 5) is 11.1. The first-order chi connectivity index (χ1) is 8.99. The third-order valence-corrected chi connectivity index (χ3v) is 2.94. The quantitative estimate of drug-likeness (QED) is 0.829. The highest BCUT2D eigenvalue weighted by molar-refractivity contribution is 14.1. The Labute approximate surface area is 120 Å². The van der Waals surface area contributed by atoms with Crippen LogP contribution >= 0.6 is 22.6 Å². The number of halogens is 3. The SMILES string of the molecule is O=C(O)c1cc(I)cn1-c1ccccc1OC(F)F. The van der Waals surface area contributed by atoms with Gasteiger partial charge < -0.3 is 14.4 Å². The van der Waals surface area contributed by atoms with Crippen LogP contribution in [0.4, 0.5) is 8.78 Å². The Morgan fingerprint density at radius 2 is 2.05 bits per heavy atom. The van der Waals surface area contributed by atoms with Crippen molar-refractivity contribution in [3.63, 3.8) is 0 Å². The molecule has 2 aromatic rings. The first-order valence-corrected chi connectivity index (χ1v) is 6.22. The Hall–Kier alpha value is -1.64. The first kappa shape index (κ1) is 13.8. The second-order valence-electron chi connectivity index (χ2n) is 3.56. The van der Waals surface area contributed by atoms with Gasteiger partial charge >= 0.3 is 12.6 Å². The van der Waals surface area contributed by atoms with Gasteiger partial charge in [0.25, 0.3) is 0 Å². The van der Waals surface area contributed by atoms with E-state index in [2.05, 4.69) is 4.74 Å². The predicted molar refractivity (Wildman–Crippen MR) is 72.1 cm³/mol. The minimum atomic E-state index is -2.97. The van der Waals surface area contributed by atoms with E-state index in [9.17, 15) is 13.6 Å². The summed E-state index contributed by atoms with van der Waals surface area (Å²) in [5.74, 6) is -1.22. The van der Waals surface area contributed by atoms with Crippen LogP contribution in [0.2, 0.25) is 0 Å². The average Bonchev–Trinajstić information content (AvgIpc) is 2.71. The summed E-state index contributed by atoms with van der Waals surface area (Å²) in [5, 5.41) is 9.10. The Kier molecular flexibility index (Phi) is 4.03. The van der Waals surface area contributed by atoms with E-state index in [0.29, 0.717) is 3.57 Å². The van der Waals surface area contributed by atoms with Gasteiger partial charge in [-0.15, -0.1) is 0 Å². The first-order valence-electron chi connectivity index (χ1n) is 5.14. The zero-order valence-electron chi connectivity index (χ0n) is 9.39. The molecular weight excluding hydrogens is 371 g/mol. The fourth-order valence-corrected chi connectivity index (χ4v) is 2.22. The van der Waals surface area contributed by atoms with E-state index < -0.39 is 12.6 Å². The van der Waals surface area contributed by atoms with Crippen molar-refractivity contribution in [2.75, 3.05) is 0 Å². The van der Waals surface area contributed by atoms with Gasteiger partial charge in [0.1, 0.15) is 11.4 Å². The molecule has 7 heteroatoms. The lowest BCUT2D eigenvalue weighted by atomic mass is 10.3. The highest BCUT2D eigenvalue weighted by atomic mass is 127. The second kappa shape index (κ2) is 5.55. The normalized spacial score (nSPS) is 10.7. The summed E-state index contributed by atoms with van der Waals surface area (Å²) in [5.41, 5.74) is 0.234. The number of carbonyl (C=O) groups is 1. The summed E-state index contributed by atoms with van der Waals surface area (Å²) in [6, 6.07) is 7.48. The number of para-hydroxylation sites is 2. The maximum absolute atomic E-state index is 12.3. The molecule has 0 unspecified atom stereocenters. The molecule has 0 spiro atoms. The van der Waals surface area contributed by atoms with E-state index in [4.69, 9.17) is 5.11 Å². The maximum atomic E-state index is 12.3. The molecule has 4 nitrogen and oxygen atoms in total. The molecule has 1 aromatic carbocycles.